The summed E-state index contributed by atoms with van der Waals surface area (Å²) < 4.78 is 0. The van der Waals surface area contributed by atoms with E-state index in [1.807, 2.05) is 17.7 Å². The second-order valence-electron chi connectivity index (χ2n) is 3.70. The van der Waals surface area contributed by atoms with Gasteiger partial charge in [-0.15, -0.1) is 11.3 Å². The average molecular weight is 282 g/mol. The van der Waals surface area contributed by atoms with E-state index in [4.69, 9.17) is 5.73 Å². The average Bonchev–Trinajstić information content (AvgIpc) is 2.84. The van der Waals surface area contributed by atoms with Crippen molar-refractivity contribution in [2.24, 2.45) is 5.73 Å². The van der Waals surface area contributed by atoms with Crippen LogP contribution in [0.5, 0.6) is 0 Å². The summed E-state index contributed by atoms with van der Waals surface area (Å²) in [4.78, 5) is 12.8. The molecule has 0 aliphatic carbocycles. The van der Waals surface area contributed by atoms with Crippen molar-refractivity contribution in [3.05, 3.63) is 21.9 Å². The predicted octanol–water partition coefficient (Wildman–Crippen LogP) is 1.93. The molecule has 5 heteroatoms. The van der Waals surface area contributed by atoms with Crippen LogP contribution in [0, 0.1) is 11.8 Å². The number of rotatable bonds is 5. The van der Waals surface area contributed by atoms with Crippen LogP contribution in [-0.2, 0) is 0 Å². The van der Waals surface area contributed by atoms with E-state index in [1.54, 1.807) is 11.8 Å². The number of nitrogens with two attached hydrogens (primary N) is 1. The standard InChI is InChI=1S/C13H18N2OS2/c1-3-11(9-17-2)15-13(16)12-10(5-4-7-14)6-8-18-12/h6,8,11H,3,7,9,14H2,1-2H3,(H,15,16). The van der Waals surface area contributed by atoms with Crippen molar-refractivity contribution < 1.29 is 4.79 Å². The van der Waals surface area contributed by atoms with E-state index < -0.39 is 0 Å². The summed E-state index contributed by atoms with van der Waals surface area (Å²) >= 11 is 3.15. The van der Waals surface area contributed by atoms with Gasteiger partial charge in [0.15, 0.2) is 0 Å². The number of nitrogens with one attached hydrogen (secondary N) is 1. The molecule has 1 amide bonds. The number of carbonyl (C=O) groups is 1. The van der Waals surface area contributed by atoms with E-state index in [0.29, 0.717) is 11.4 Å². The van der Waals surface area contributed by atoms with Gasteiger partial charge in [0.2, 0.25) is 0 Å². The highest BCUT2D eigenvalue weighted by atomic mass is 32.2. The van der Waals surface area contributed by atoms with Crippen LogP contribution in [0.3, 0.4) is 0 Å². The molecule has 18 heavy (non-hydrogen) atoms. The fraction of sp³-hybridized carbons (Fsp3) is 0.462. The Morgan fingerprint density at radius 2 is 2.44 bits per heavy atom. The Morgan fingerprint density at radius 1 is 1.67 bits per heavy atom. The molecule has 0 bridgehead atoms. The maximum Gasteiger partial charge on any atom is 0.262 e. The van der Waals surface area contributed by atoms with E-state index in [-0.39, 0.29) is 11.9 Å². The summed E-state index contributed by atoms with van der Waals surface area (Å²) in [6, 6.07) is 2.07. The molecule has 1 aromatic heterocycles. The molecule has 0 radical (unpaired) electrons. The molecule has 3 N–H and O–H groups in total. The SMILES string of the molecule is CCC(CSC)NC(=O)c1sccc1C#CCN. The Balaban J connectivity index is 2.74. The number of thiophene rings is 1. The highest BCUT2D eigenvalue weighted by Gasteiger charge is 2.15. The Morgan fingerprint density at radius 3 is 3.06 bits per heavy atom. The molecule has 98 valence electrons. The number of hydrogen-bond donors (Lipinski definition) is 2. The van der Waals surface area contributed by atoms with Gasteiger partial charge >= 0.3 is 0 Å². The van der Waals surface area contributed by atoms with Crippen LogP contribution in [0.4, 0.5) is 0 Å². The first-order chi connectivity index (χ1) is 8.72. The van der Waals surface area contributed by atoms with Crippen LogP contribution in [0.1, 0.15) is 28.6 Å². The minimum Gasteiger partial charge on any atom is -0.348 e. The Bertz CT molecular complexity index is 445. The van der Waals surface area contributed by atoms with Gasteiger partial charge in [0.25, 0.3) is 5.91 Å². The largest absolute Gasteiger partial charge is 0.348 e. The molecule has 0 fully saturated rings. The smallest absolute Gasteiger partial charge is 0.262 e. The third-order valence-electron chi connectivity index (χ3n) is 2.39. The maximum atomic E-state index is 12.1. The fourth-order valence-corrected chi connectivity index (χ4v) is 2.92. The lowest BCUT2D eigenvalue weighted by atomic mass is 10.2. The molecule has 0 saturated heterocycles. The van der Waals surface area contributed by atoms with Gasteiger partial charge in [0.05, 0.1) is 6.54 Å². The first kappa shape index (κ1) is 15.1. The van der Waals surface area contributed by atoms with Gasteiger partial charge in [-0.05, 0) is 24.1 Å². The molecule has 0 aliphatic heterocycles. The van der Waals surface area contributed by atoms with Crippen molar-refractivity contribution in [1.82, 2.24) is 5.32 Å². The zero-order valence-corrected chi connectivity index (χ0v) is 12.3. The van der Waals surface area contributed by atoms with E-state index in [1.165, 1.54) is 11.3 Å². The van der Waals surface area contributed by atoms with E-state index in [9.17, 15) is 4.79 Å². The van der Waals surface area contributed by atoms with Gasteiger partial charge in [-0.25, -0.2) is 0 Å². The minimum atomic E-state index is -0.0350. The molecule has 1 atom stereocenters. The summed E-state index contributed by atoms with van der Waals surface area (Å²) in [5.41, 5.74) is 6.11. The molecule has 0 aromatic carbocycles. The van der Waals surface area contributed by atoms with Crippen molar-refractivity contribution in [1.29, 1.82) is 0 Å². The van der Waals surface area contributed by atoms with Crippen molar-refractivity contribution in [2.45, 2.75) is 19.4 Å². The quantitative estimate of drug-likeness (QED) is 0.811. The third-order valence-corrected chi connectivity index (χ3v) is 4.04. The van der Waals surface area contributed by atoms with Crippen LogP contribution in [0.15, 0.2) is 11.4 Å². The Hall–Kier alpha value is -0.960. The third kappa shape index (κ3) is 4.37. The predicted molar refractivity (Wildman–Crippen MR) is 80.2 cm³/mol. The van der Waals surface area contributed by atoms with Gasteiger partial charge in [0, 0.05) is 17.4 Å². The fourth-order valence-electron chi connectivity index (χ4n) is 1.44. The lowest BCUT2D eigenvalue weighted by molar-refractivity contribution is 0.0944. The summed E-state index contributed by atoms with van der Waals surface area (Å²) in [7, 11) is 0. The normalized spacial score (nSPS) is 11.5. The molecule has 1 unspecified atom stereocenters. The number of thioether (sulfide) groups is 1. The zero-order valence-electron chi connectivity index (χ0n) is 10.7. The van der Waals surface area contributed by atoms with Gasteiger partial charge in [-0.1, -0.05) is 18.8 Å². The summed E-state index contributed by atoms with van der Waals surface area (Å²) in [6.45, 7) is 2.38. The Kier molecular flexibility index (Phi) is 6.88. The van der Waals surface area contributed by atoms with Gasteiger partial charge in [-0.2, -0.15) is 11.8 Å². The monoisotopic (exact) mass is 282 g/mol. The summed E-state index contributed by atoms with van der Waals surface area (Å²) in [6.07, 6.45) is 2.97. The second kappa shape index (κ2) is 8.20. The number of amides is 1. The molecular formula is C13H18N2OS2. The number of hydrogen-bond acceptors (Lipinski definition) is 4. The second-order valence-corrected chi connectivity index (χ2v) is 5.53. The topological polar surface area (TPSA) is 55.1 Å². The first-order valence-electron chi connectivity index (χ1n) is 5.79. The van der Waals surface area contributed by atoms with Crippen LogP contribution in [-0.4, -0.2) is 30.5 Å². The van der Waals surface area contributed by atoms with Crippen molar-refractivity contribution in [2.75, 3.05) is 18.6 Å². The lowest BCUT2D eigenvalue weighted by Gasteiger charge is -2.15. The molecule has 0 saturated carbocycles. The summed E-state index contributed by atoms with van der Waals surface area (Å²) in [5.74, 6) is 6.60. The van der Waals surface area contributed by atoms with E-state index in [2.05, 4.69) is 24.1 Å². The molecular weight excluding hydrogens is 264 g/mol. The molecule has 0 spiro atoms. The molecule has 3 nitrogen and oxygen atoms in total. The van der Waals surface area contributed by atoms with Gasteiger partial charge < -0.3 is 11.1 Å². The molecule has 1 aromatic rings. The highest BCUT2D eigenvalue weighted by molar-refractivity contribution is 7.98. The van der Waals surface area contributed by atoms with Crippen LogP contribution in [0.25, 0.3) is 0 Å². The Labute approximate surface area is 117 Å². The first-order valence-corrected chi connectivity index (χ1v) is 8.06. The molecule has 0 aliphatic rings. The molecule has 1 heterocycles. The van der Waals surface area contributed by atoms with Crippen molar-refractivity contribution in [3.63, 3.8) is 0 Å². The molecule has 1 rings (SSSR count). The minimum absolute atomic E-state index is 0.0350. The lowest BCUT2D eigenvalue weighted by Crippen LogP contribution is -2.36. The number of carbonyl (C=O) groups excluding carboxylic acids is 1. The van der Waals surface area contributed by atoms with Crippen LogP contribution in [0.2, 0.25) is 0 Å². The zero-order chi connectivity index (χ0) is 13.4. The van der Waals surface area contributed by atoms with Crippen molar-refractivity contribution in [3.8, 4) is 11.8 Å². The maximum absolute atomic E-state index is 12.1. The highest BCUT2D eigenvalue weighted by Crippen LogP contribution is 2.16. The van der Waals surface area contributed by atoms with E-state index in [0.717, 1.165) is 17.7 Å². The van der Waals surface area contributed by atoms with Crippen molar-refractivity contribution >= 4 is 29.0 Å². The van der Waals surface area contributed by atoms with E-state index >= 15 is 0 Å². The van der Waals surface area contributed by atoms with Gasteiger partial charge in [-0.3, -0.25) is 4.79 Å². The van der Waals surface area contributed by atoms with Crippen LogP contribution >= 0.6 is 23.1 Å². The van der Waals surface area contributed by atoms with Gasteiger partial charge in [0.1, 0.15) is 4.88 Å². The summed E-state index contributed by atoms with van der Waals surface area (Å²) in [5, 5.41) is 4.92. The van der Waals surface area contributed by atoms with Crippen LogP contribution < -0.4 is 11.1 Å².